The monoisotopic (exact) mass is 283 g/mol. The van der Waals surface area contributed by atoms with Crippen molar-refractivity contribution in [3.63, 3.8) is 0 Å². The zero-order valence-electron chi connectivity index (χ0n) is 12.1. The van der Waals surface area contributed by atoms with Gasteiger partial charge in [0.1, 0.15) is 0 Å². The Hall–Kier alpha value is -1.10. The largest absolute Gasteiger partial charge is 0.349 e. The van der Waals surface area contributed by atoms with Crippen LogP contribution in [0.4, 0.5) is 11.9 Å². The van der Waals surface area contributed by atoms with Gasteiger partial charge >= 0.3 is 0 Å². The molecule has 0 saturated carbocycles. The van der Waals surface area contributed by atoms with Gasteiger partial charge in [0.25, 0.3) is 0 Å². The lowest BCUT2D eigenvalue weighted by Gasteiger charge is -2.30. The van der Waals surface area contributed by atoms with Crippen molar-refractivity contribution in [1.82, 2.24) is 15.0 Å². The van der Waals surface area contributed by atoms with Crippen LogP contribution in [0, 0.1) is 5.92 Å². The summed E-state index contributed by atoms with van der Waals surface area (Å²) >= 11 is 6.00. The van der Waals surface area contributed by atoms with Crippen molar-refractivity contribution >= 4 is 23.5 Å². The molecule has 0 aliphatic carbocycles. The van der Waals surface area contributed by atoms with Crippen LogP contribution in [-0.4, -0.2) is 33.6 Å². The first-order valence-corrected chi connectivity index (χ1v) is 7.16. The van der Waals surface area contributed by atoms with Gasteiger partial charge in [-0.3, -0.25) is 0 Å². The summed E-state index contributed by atoms with van der Waals surface area (Å²) in [5, 5.41) is 3.48. The molecule has 1 N–H and O–H groups in total. The minimum atomic E-state index is -0.0988. The van der Waals surface area contributed by atoms with E-state index in [1.165, 1.54) is 12.8 Å². The first-order valence-electron chi connectivity index (χ1n) is 6.78. The number of piperidine rings is 1. The highest BCUT2D eigenvalue weighted by Crippen LogP contribution is 2.22. The van der Waals surface area contributed by atoms with Gasteiger partial charge in [0.2, 0.25) is 17.2 Å². The van der Waals surface area contributed by atoms with Crippen LogP contribution in [0.1, 0.15) is 40.5 Å². The lowest BCUT2D eigenvalue weighted by atomic mass is 10.00. The summed E-state index contributed by atoms with van der Waals surface area (Å²) in [5.74, 6) is 2.00. The first-order chi connectivity index (χ1) is 8.83. The van der Waals surface area contributed by atoms with Crippen molar-refractivity contribution in [1.29, 1.82) is 0 Å². The summed E-state index contributed by atoms with van der Waals surface area (Å²) in [6.07, 6.45) is 2.34. The standard InChI is InChI=1S/C13H22ClN5/c1-9-5-7-19(8-6-9)12-16-10(14)15-11(17-12)18-13(2,3)4/h9H,5-8H2,1-4H3,(H,15,16,17,18). The predicted octanol–water partition coefficient (Wildman–Crippen LogP) is 2.97. The molecule has 5 nitrogen and oxygen atoms in total. The molecule has 106 valence electrons. The molecular formula is C13H22ClN5. The number of nitrogens with zero attached hydrogens (tertiary/aromatic N) is 4. The molecule has 1 fully saturated rings. The molecule has 6 heteroatoms. The normalized spacial score (nSPS) is 17.6. The SMILES string of the molecule is CC1CCN(c2nc(Cl)nc(NC(C)(C)C)n2)CC1. The zero-order chi connectivity index (χ0) is 14.0. The molecule has 1 aromatic rings. The fourth-order valence-corrected chi connectivity index (χ4v) is 2.24. The van der Waals surface area contributed by atoms with Crippen LogP contribution >= 0.6 is 11.6 Å². The summed E-state index contributed by atoms with van der Waals surface area (Å²) in [7, 11) is 0. The average Bonchev–Trinajstić information content (AvgIpc) is 2.26. The lowest BCUT2D eigenvalue weighted by Crippen LogP contribution is -2.35. The van der Waals surface area contributed by atoms with Gasteiger partial charge in [-0.2, -0.15) is 15.0 Å². The van der Waals surface area contributed by atoms with Crippen LogP contribution in [-0.2, 0) is 0 Å². The van der Waals surface area contributed by atoms with Gasteiger partial charge in [-0.05, 0) is 51.1 Å². The van der Waals surface area contributed by atoms with E-state index in [0.29, 0.717) is 11.9 Å². The van der Waals surface area contributed by atoms with Crippen molar-refractivity contribution in [2.75, 3.05) is 23.3 Å². The Balaban J connectivity index is 2.17. The van der Waals surface area contributed by atoms with Crippen molar-refractivity contribution in [3.05, 3.63) is 5.28 Å². The number of rotatable bonds is 2. The number of hydrogen-bond acceptors (Lipinski definition) is 5. The topological polar surface area (TPSA) is 53.9 Å². The molecule has 1 aromatic heterocycles. The summed E-state index contributed by atoms with van der Waals surface area (Å²) < 4.78 is 0. The maximum absolute atomic E-state index is 6.00. The van der Waals surface area contributed by atoms with Crippen LogP contribution in [0.15, 0.2) is 0 Å². The second-order valence-electron chi connectivity index (χ2n) is 6.27. The average molecular weight is 284 g/mol. The number of nitrogens with one attached hydrogen (secondary N) is 1. The molecule has 0 amide bonds. The summed E-state index contributed by atoms with van der Waals surface area (Å²) in [4.78, 5) is 15.0. The highest BCUT2D eigenvalue weighted by molar-refractivity contribution is 6.28. The number of anilines is 2. The molecule has 0 atom stereocenters. The summed E-state index contributed by atoms with van der Waals surface area (Å²) in [6, 6.07) is 0. The summed E-state index contributed by atoms with van der Waals surface area (Å²) in [6.45, 7) is 10.4. The van der Waals surface area contributed by atoms with Gasteiger partial charge in [-0.1, -0.05) is 6.92 Å². The Kier molecular flexibility index (Phi) is 4.13. The molecule has 19 heavy (non-hydrogen) atoms. The fourth-order valence-electron chi connectivity index (χ4n) is 2.08. The van der Waals surface area contributed by atoms with E-state index in [2.05, 4.69) is 52.9 Å². The third-order valence-corrected chi connectivity index (χ3v) is 3.32. The van der Waals surface area contributed by atoms with E-state index in [4.69, 9.17) is 11.6 Å². The van der Waals surface area contributed by atoms with Crippen LogP contribution in [0.3, 0.4) is 0 Å². The third-order valence-electron chi connectivity index (χ3n) is 3.15. The number of hydrogen-bond donors (Lipinski definition) is 1. The Labute approximate surface area is 119 Å². The van der Waals surface area contributed by atoms with Gasteiger partial charge in [-0.15, -0.1) is 0 Å². The molecule has 0 spiro atoms. The van der Waals surface area contributed by atoms with Gasteiger partial charge in [0.05, 0.1) is 0 Å². The minimum Gasteiger partial charge on any atom is -0.349 e. The third kappa shape index (κ3) is 4.20. The maximum atomic E-state index is 6.00. The van der Waals surface area contributed by atoms with Crippen molar-refractivity contribution < 1.29 is 0 Å². The van der Waals surface area contributed by atoms with Crippen molar-refractivity contribution in [3.8, 4) is 0 Å². The molecule has 2 rings (SSSR count). The fraction of sp³-hybridized carbons (Fsp3) is 0.769. The molecule has 0 unspecified atom stereocenters. The van der Waals surface area contributed by atoms with E-state index in [0.717, 1.165) is 19.0 Å². The predicted molar refractivity (Wildman–Crippen MR) is 78.8 cm³/mol. The summed E-state index contributed by atoms with van der Waals surface area (Å²) in [5.41, 5.74) is -0.0988. The van der Waals surface area contributed by atoms with E-state index < -0.39 is 0 Å². The second-order valence-corrected chi connectivity index (χ2v) is 6.61. The molecule has 2 heterocycles. The highest BCUT2D eigenvalue weighted by Gasteiger charge is 2.20. The van der Waals surface area contributed by atoms with Gasteiger partial charge in [0, 0.05) is 18.6 Å². The van der Waals surface area contributed by atoms with E-state index in [-0.39, 0.29) is 10.8 Å². The van der Waals surface area contributed by atoms with E-state index in [9.17, 15) is 0 Å². The van der Waals surface area contributed by atoms with Crippen LogP contribution < -0.4 is 10.2 Å². The van der Waals surface area contributed by atoms with Gasteiger partial charge in [0.15, 0.2) is 0 Å². The van der Waals surface area contributed by atoms with E-state index in [1.807, 2.05) is 0 Å². The Bertz CT molecular complexity index is 435. The van der Waals surface area contributed by atoms with Gasteiger partial charge in [-0.25, -0.2) is 0 Å². The Morgan fingerprint density at radius 2 is 1.79 bits per heavy atom. The molecule has 0 radical (unpaired) electrons. The van der Waals surface area contributed by atoms with Crippen LogP contribution in [0.5, 0.6) is 0 Å². The van der Waals surface area contributed by atoms with Gasteiger partial charge < -0.3 is 10.2 Å². The molecule has 1 aliphatic heterocycles. The van der Waals surface area contributed by atoms with Crippen molar-refractivity contribution in [2.24, 2.45) is 5.92 Å². The molecule has 0 aromatic carbocycles. The van der Waals surface area contributed by atoms with Crippen LogP contribution in [0.25, 0.3) is 0 Å². The van der Waals surface area contributed by atoms with Crippen LogP contribution in [0.2, 0.25) is 5.28 Å². The molecule has 0 bridgehead atoms. The van der Waals surface area contributed by atoms with E-state index in [1.54, 1.807) is 0 Å². The second kappa shape index (κ2) is 5.49. The number of aromatic nitrogens is 3. The van der Waals surface area contributed by atoms with E-state index >= 15 is 0 Å². The molecular weight excluding hydrogens is 262 g/mol. The number of halogens is 1. The Morgan fingerprint density at radius 3 is 2.37 bits per heavy atom. The maximum Gasteiger partial charge on any atom is 0.231 e. The quantitative estimate of drug-likeness (QED) is 0.904. The van der Waals surface area contributed by atoms with Crippen molar-refractivity contribution in [2.45, 2.75) is 46.1 Å². The highest BCUT2D eigenvalue weighted by atomic mass is 35.5. The smallest absolute Gasteiger partial charge is 0.231 e. The minimum absolute atomic E-state index is 0.0988. The lowest BCUT2D eigenvalue weighted by molar-refractivity contribution is 0.434. The zero-order valence-corrected chi connectivity index (χ0v) is 12.8. The molecule has 1 aliphatic rings. The first kappa shape index (κ1) is 14.3. The molecule has 1 saturated heterocycles. The Morgan fingerprint density at radius 1 is 1.16 bits per heavy atom.